The number of aromatic amines is 1. The normalized spacial score (nSPS) is 13.2. The predicted octanol–water partition coefficient (Wildman–Crippen LogP) is 4.18. The van der Waals surface area contributed by atoms with Gasteiger partial charge in [-0.15, -0.1) is 0 Å². The van der Waals surface area contributed by atoms with E-state index in [1.54, 1.807) is 0 Å². The van der Waals surface area contributed by atoms with Crippen molar-refractivity contribution in [3.05, 3.63) is 40.3 Å². The average Bonchev–Trinajstić information content (AvgIpc) is 2.83. The van der Waals surface area contributed by atoms with E-state index < -0.39 is 0 Å². The fraction of sp³-hybridized carbons (Fsp3) is 0.462. The third-order valence-electron chi connectivity index (χ3n) is 2.99. The van der Waals surface area contributed by atoms with E-state index in [9.17, 15) is 0 Å². The molecular weight excluding hydrogens is 232 g/mol. The van der Waals surface area contributed by atoms with E-state index in [1.807, 2.05) is 25.3 Å². The van der Waals surface area contributed by atoms with Crippen LogP contribution in [-0.2, 0) is 0 Å². The second-order valence-corrected chi connectivity index (χ2v) is 5.05. The summed E-state index contributed by atoms with van der Waals surface area (Å²) in [6.45, 7) is 8.38. The Morgan fingerprint density at radius 1 is 1.29 bits per heavy atom. The van der Waals surface area contributed by atoms with Gasteiger partial charge in [0.2, 0.25) is 0 Å². The number of rotatable bonds is 3. The largest absolute Gasteiger partial charge is 0.464 e. The van der Waals surface area contributed by atoms with Gasteiger partial charge in [-0.1, -0.05) is 13.8 Å². The van der Waals surface area contributed by atoms with Crippen LogP contribution in [0.3, 0.4) is 0 Å². The first kappa shape index (κ1) is 12.2. The highest BCUT2D eigenvalue weighted by Crippen LogP contribution is 2.25. The molecule has 0 saturated heterocycles. The Morgan fingerprint density at radius 3 is 2.53 bits per heavy atom. The van der Waals surface area contributed by atoms with Crippen LogP contribution >= 0.6 is 12.2 Å². The van der Waals surface area contributed by atoms with Crippen LogP contribution in [0.25, 0.3) is 0 Å². The molecule has 1 N–H and O–H groups in total. The van der Waals surface area contributed by atoms with Crippen LogP contribution < -0.4 is 0 Å². The molecule has 1 atom stereocenters. The number of furan rings is 1. The number of H-pyrrole nitrogens is 1. The Hall–Kier alpha value is -1.29. The lowest BCUT2D eigenvalue weighted by Crippen LogP contribution is -2.10. The molecule has 92 valence electrons. The van der Waals surface area contributed by atoms with Crippen LogP contribution in [0.15, 0.2) is 22.7 Å². The fourth-order valence-electron chi connectivity index (χ4n) is 2.04. The number of imidazole rings is 1. The van der Waals surface area contributed by atoms with E-state index >= 15 is 0 Å². The van der Waals surface area contributed by atoms with Gasteiger partial charge < -0.3 is 14.0 Å². The summed E-state index contributed by atoms with van der Waals surface area (Å²) < 4.78 is 8.55. The van der Waals surface area contributed by atoms with E-state index in [4.69, 9.17) is 16.6 Å². The monoisotopic (exact) mass is 250 g/mol. The third kappa shape index (κ3) is 2.22. The van der Waals surface area contributed by atoms with E-state index in [1.165, 1.54) is 5.69 Å². The number of nitrogens with zero attached hydrogens (tertiary/aromatic N) is 1. The molecule has 0 fully saturated rings. The van der Waals surface area contributed by atoms with Crippen molar-refractivity contribution >= 4 is 12.2 Å². The third-order valence-corrected chi connectivity index (χ3v) is 3.31. The maximum absolute atomic E-state index is 5.68. The first-order valence-corrected chi connectivity index (χ1v) is 6.27. The minimum atomic E-state index is 0.125. The molecule has 4 heteroatoms. The Labute approximate surface area is 106 Å². The molecule has 17 heavy (non-hydrogen) atoms. The van der Waals surface area contributed by atoms with Crippen LogP contribution in [-0.4, -0.2) is 9.55 Å². The van der Waals surface area contributed by atoms with Crippen LogP contribution in [0, 0.1) is 11.7 Å². The summed E-state index contributed by atoms with van der Waals surface area (Å²) in [5.74, 6) is 2.31. The van der Waals surface area contributed by atoms with Crippen molar-refractivity contribution in [1.82, 2.24) is 9.55 Å². The zero-order valence-electron chi connectivity index (χ0n) is 10.7. The molecule has 2 aromatic heterocycles. The maximum atomic E-state index is 5.68. The van der Waals surface area contributed by atoms with Gasteiger partial charge in [0, 0.05) is 11.9 Å². The summed E-state index contributed by atoms with van der Waals surface area (Å²) in [4.78, 5) is 3.11. The molecule has 1 unspecified atom stereocenters. The van der Waals surface area contributed by atoms with Gasteiger partial charge in [-0.25, -0.2) is 0 Å². The van der Waals surface area contributed by atoms with E-state index in [-0.39, 0.29) is 6.04 Å². The number of hydrogen-bond acceptors (Lipinski definition) is 2. The zero-order valence-corrected chi connectivity index (χ0v) is 11.5. The lowest BCUT2D eigenvalue weighted by molar-refractivity contribution is 0.420. The van der Waals surface area contributed by atoms with Gasteiger partial charge in [0.1, 0.15) is 11.5 Å². The number of aryl methyl sites for hydroxylation is 1. The predicted molar refractivity (Wildman–Crippen MR) is 71.0 cm³/mol. The molecule has 0 bridgehead atoms. The topological polar surface area (TPSA) is 33.9 Å². The average molecular weight is 250 g/mol. The van der Waals surface area contributed by atoms with Crippen molar-refractivity contribution in [3.63, 3.8) is 0 Å². The summed E-state index contributed by atoms with van der Waals surface area (Å²) in [5, 5.41) is 0. The second kappa shape index (κ2) is 4.53. The molecule has 0 spiro atoms. The van der Waals surface area contributed by atoms with Crippen LogP contribution in [0.5, 0.6) is 0 Å². The Balaban J connectivity index is 2.46. The molecule has 2 heterocycles. The van der Waals surface area contributed by atoms with Crippen LogP contribution in [0.4, 0.5) is 0 Å². The highest BCUT2D eigenvalue weighted by atomic mass is 32.1. The second-order valence-electron chi connectivity index (χ2n) is 4.67. The minimum Gasteiger partial charge on any atom is -0.464 e. The zero-order chi connectivity index (χ0) is 12.6. The summed E-state index contributed by atoms with van der Waals surface area (Å²) in [6.07, 6.45) is 1.99. The quantitative estimate of drug-likeness (QED) is 0.829. The van der Waals surface area contributed by atoms with E-state index in [2.05, 4.69) is 30.3 Å². The van der Waals surface area contributed by atoms with Crippen molar-refractivity contribution < 1.29 is 4.42 Å². The standard InChI is InChI=1S/C13H18N2OS/c1-8(2)11-7-14-13(17)15(11)10(4)12-6-5-9(3)16-12/h5-8,10H,1-4H3,(H,14,17). The van der Waals surface area contributed by atoms with E-state index in [0.717, 1.165) is 16.3 Å². The summed E-state index contributed by atoms with van der Waals surface area (Å²) in [6, 6.07) is 4.12. The minimum absolute atomic E-state index is 0.125. The molecule has 0 radical (unpaired) electrons. The molecule has 0 amide bonds. The Bertz CT molecular complexity index is 562. The Morgan fingerprint density at radius 2 is 2.00 bits per heavy atom. The van der Waals surface area contributed by atoms with Crippen molar-refractivity contribution in [2.75, 3.05) is 0 Å². The van der Waals surface area contributed by atoms with Crippen molar-refractivity contribution in [2.45, 2.75) is 39.7 Å². The van der Waals surface area contributed by atoms with Crippen LogP contribution in [0.2, 0.25) is 0 Å². The molecule has 0 aliphatic rings. The van der Waals surface area contributed by atoms with Crippen molar-refractivity contribution in [1.29, 1.82) is 0 Å². The maximum Gasteiger partial charge on any atom is 0.178 e. The van der Waals surface area contributed by atoms with Crippen LogP contribution in [0.1, 0.15) is 49.9 Å². The molecule has 3 nitrogen and oxygen atoms in total. The van der Waals surface area contributed by atoms with Gasteiger partial charge in [0.25, 0.3) is 0 Å². The molecule has 2 rings (SSSR count). The van der Waals surface area contributed by atoms with Gasteiger partial charge in [0.05, 0.1) is 6.04 Å². The molecule has 0 aliphatic heterocycles. The highest BCUT2D eigenvalue weighted by Gasteiger charge is 2.17. The van der Waals surface area contributed by atoms with Crippen molar-refractivity contribution in [3.8, 4) is 0 Å². The highest BCUT2D eigenvalue weighted by molar-refractivity contribution is 7.71. The van der Waals surface area contributed by atoms with Gasteiger partial charge in [0.15, 0.2) is 4.77 Å². The first-order chi connectivity index (χ1) is 8.00. The summed E-state index contributed by atoms with van der Waals surface area (Å²) in [7, 11) is 0. The van der Waals surface area contributed by atoms with Crippen molar-refractivity contribution in [2.24, 2.45) is 0 Å². The Kier molecular flexibility index (Phi) is 3.24. The SMILES string of the molecule is Cc1ccc(C(C)n2c(C(C)C)c[nH]c2=S)o1. The molecule has 0 aliphatic carbocycles. The molecule has 0 saturated carbocycles. The van der Waals surface area contributed by atoms with Gasteiger partial charge in [-0.2, -0.15) is 0 Å². The van der Waals surface area contributed by atoms with Gasteiger partial charge in [-0.05, 0) is 44.1 Å². The molecular formula is C13H18N2OS. The number of hydrogen-bond donors (Lipinski definition) is 1. The number of nitrogens with one attached hydrogen (secondary N) is 1. The number of aromatic nitrogens is 2. The lowest BCUT2D eigenvalue weighted by atomic mass is 10.1. The fourth-order valence-corrected chi connectivity index (χ4v) is 2.36. The summed E-state index contributed by atoms with van der Waals surface area (Å²) >= 11 is 5.34. The molecule has 0 aromatic carbocycles. The van der Waals surface area contributed by atoms with Gasteiger partial charge >= 0.3 is 0 Å². The smallest absolute Gasteiger partial charge is 0.178 e. The molecule has 2 aromatic rings. The lowest BCUT2D eigenvalue weighted by Gasteiger charge is -2.16. The first-order valence-electron chi connectivity index (χ1n) is 5.87. The van der Waals surface area contributed by atoms with E-state index in [0.29, 0.717) is 5.92 Å². The summed E-state index contributed by atoms with van der Waals surface area (Å²) in [5.41, 5.74) is 1.21. The van der Waals surface area contributed by atoms with Gasteiger partial charge in [-0.3, -0.25) is 0 Å².